The fraction of sp³-hybridized carbons (Fsp3) is 0.643. The van der Waals surface area contributed by atoms with E-state index in [2.05, 4.69) is 27.7 Å². The summed E-state index contributed by atoms with van der Waals surface area (Å²) in [6.07, 6.45) is 4.53. The van der Waals surface area contributed by atoms with Gasteiger partial charge in [-0.05, 0) is 29.2 Å². The first kappa shape index (κ1) is 11.4. The van der Waals surface area contributed by atoms with E-state index in [1.807, 2.05) is 16.8 Å². The molecule has 1 aromatic rings. The Labute approximate surface area is 97.3 Å². The number of pyridine rings is 1. The largest absolute Gasteiger partial charge is 0.315 e. The third-order valence-corrected chi connectivity index (χ3v) is 3.51. The normalized spacial score (nSPS) is 18.5. The van der Waals surface area contributed by atoms with E-state index < -0.39 is 0 Å². The standard InChI is InChI=1S/C14H21NO/c1-13(2,3)11-5-6-12(16)15(9-11)10-14(4)7-8-14/h5-6,9H,7-8,10H2,1-4H3. The molecule has 0 aliphatic heterocycles. The first-order chi connectivity index (χ1) is 7.30. The van der Waals surface area contributed by atoms with Gasteiger partial charge in [0.1, 0.15) is 0 Å². The van der Waals surface area contributed by atoms with Crippen LogP contribution < -0.4 is 5.56 Å². The maximum Gasteiger partial charge on any atom is 0.250 e. The van der Waals surface area contributed by atoms with Crippen molar-refractivity contribution in [2.75, 3.05) is 0 Å². The summed E-state index contributed by atoms with van der Waals surface area (Å²) in [5.74, 6) is 0. The molecule has 2 nitrogen and oxygen atoms in total. The molecule has 1 saturated carbocycles. The van der Waals surface area contributed by atoms with Gasteiger partial charge in [-0.3, -0.25) is 4.79 Å². The molecule has 0 N–H and O–H groups in total. The van der Waals surface area contributed by atoms with Crippen LogP contribution >= 0.6 is 0 Å². The lowest BCUT2D eigenvalue weighted by Crippen LogP contribution is -2.25. The molecule has 0 spiro atoms. The number of hydrogen-bond donors (Lipinski definition) is 0. The summed E-state index contributed by atoms with van der Waals surface area (Å²) in [6.45, 7) is 9.65. The average molecular weight is 219 g/mol. The molecule has 0 radical (unpaired) electrons. The van der Waals surface area contributed by atoms with Crippen molar-refractivity contribution in [2.24, 2.45) is 5.41 Å². The SMILES string of the molecule is CC1(Cn2cc(C(C)(C)C)ccc2=O)CC1. The lowest BCUT2D eigenvalue weighted by atomic mass is 9.88. The molecule has 1 aliphatic rings. The minimum atomic E-state index is 0.111. The summed E-state index contributed by atoms with van der Waals surface area (Å²) in [7, 11) is 0. The molecule has 1 fully saturated rings. The average Bonchev–Trinajstić information content (AvgIpc) is 2.86. The van der Waals surface area contributed by atoms with Gasteiger partial charge in [0, 0.05) is 18.8 Å². The Morgan fingerprint density at radius 3 is 2.44 bits per heavy atom. The van der Waals surface area contributed by atoms with Gasteiger partial charge in [0.25, 0.3) is 5.56 Å². The number of hydrogen-bond acceptors (Lipinski definition) is 1. The van der Waals surface area contributed by atoms with Crippen LogP contribution in [-0.4, -0.2) is 4.57 Å². The van der Waals surface area contributed by atoms with Gasteiger partial charge in [-0.25, -0.2) is 0 Å². The second kappa shape index (κ2) is 3.47. The van der Waals surface area contributed by atoms with Crippen molar-refractivity contribution < 1.29 is 0 Å². The summed E-state index contributed by atoms with van der Waals surface area (Å²) in [4.78, 5) is 11.8. The molecule has 2 rings (SSSR count). The zero-order valence-corrected chi connectivity index (χ0v) is 10.7. The lowest BCUT2D eigenvalue weighted by molar-refractivity contribution is 0.449. The van der Waals surface area contributed by atoms with Crippen LogP contribution in [0.3, 0.4) is 0 Å². The van der Waals surface area contributed by atoms with Crippen molar-refractivity contribution in [1.82, 2.24) is 4.57 Å². The molecule has 88 valence electrons. The minimum Gasteiger partial charge on any atom is -0.315 e. The van der Waals surface area contributed by atoms with Gasteiger partial charge in [-0.1, -0.05) is 33.8 Å². The first-order valence-electron chi connectivity index (χ1n) is 6.01. The van der Waals surface area contributed by atoms with Crippen LogP contribution in [0.4, 0.5) is 0 Å². The highest BCUT2D eigenvalue weighted by atomic mass is 16.1. The van der Waals surface area contributed by atoms with E-state index in [0.29, 0.717) is 5.41 Å². The molecule has 0 bridgehead atoms. The molecule has 16 heavy (non-hydrogen) atoms. The van der Waals surface area contributed by atoms with Crippen LogP contribution in [0, 0.1) is 5.41 Å². The highest BCUT2D eigenvalue weighted by molar-refractivity contribution is 5.19. The molecule has 1 heterocycles. The molecule has 1 aromatic heterocycles. The van der Waals surface area contributed by atoms with Gasteiger partial charge in [0.05, 0.1) is 0 Å². The van der Waals surface area contributed by atoms with Crippen LogP contribution in [0.25, 0.3) is 0 Å². The highest BCUT2D eigenvalue weighted by Gasteiger charge is 2.37. The van der Waals surface area contributed by atoms with Gasteiger partial charge < -0.3 is 4.57 Å². The van der Waals surface area contributed by atoms with E-state index in [9.17, 15) is 4.79 Å². The fourth-order valence-corrected chi connectivity index (χ4v) is 1.88. The quantitative estimate of drug-likeness (QED) is 0.749. The lowest BCUT2D eigenvalue weighted by Gasteiger charge is -2.21. The Bertz CT molecular complexity index is 447. The highest BCUT2D eigenvalue weighted by Crippen LogP contribution is 2.46. The molecule has 0 amide bonds. The van der Waals surface area contributed by atoms with Crippen LogP contribution in [0.15, 0.2) is 23.1 Å². The summed E-state index contributed by atoms with van der Waals surface area (Å²) >= 11 is 0. The summed E-state index contributed by atoms with van der Waals surface area (Å²) in [6, 6.07) is 3.65. The predicted molar refractivity (Wildman–Crippen MR) is 66.7 cm³/mol. The second-order valence-corrected chi connectivity index (χ2v) is 6.44. The molecule has 0 saturated heterocycles. The summed E-state index contributed by atoms with van der Waals surface area (Å²) in [5, 5.41) is 0. The van der Waals surface area contributed by atoms with E-state index in [-0.39, 0.29) is 11.0 Å². The van der Waals surface area contributed by atoms with Crippen molar-refractivity contribution in [3.8, 4) is 0 Å². The van der Waals surface area contributed by atoms with Crippen LogP contribution in [-0.2, 0) is 12.0 Å². The second-order valence-electron chi connectivity index (χ2n) is 6.44. The van der Waals surface area contributed by atoms with Crippen molar-refractivity contribution in [1.29, 1.82) is 0 Å². The monoisotopic (exact) mass is 219 g/mol. The van der Waals surface area contributed by atoms with E-state index in [4.69, 9.17) is 0 Å². The zero-order valence-electron chi connectivity index (χ0n) is 10.7. The molecule has 1 aliphatic carbocycles. The Balaban J connectivity index is 2.33. The maximum absolute atomic E-state index is 11.8. The van der Waals surface area contributed by atoms with E-state index in [1.54, 1.807) is 6.07 Å². The summed E-state index contributed by atoms with van der Waals surface area (Å²) < 4.78 is 1.88. The molecule has 2 heteroatoms. The van der Waals surface area contributed by atoms with E-state index in [1.165, 1.54) is 18.4 Å². The van der Waals surface area contributed by atoms with Gasteiger partial charge >= 0.3 is 0 Å². The van der Waals surface area contributed by atoms with E-state index in [0.717, 1.165) is 6.54 Å². The third kappa shape index (κ3) is 2.37. The van der Waals surface area contributed by atoms with Crippen molar-refractivity contribution >= 4 is 0 Å². The van der Waals surface area contributed by atoms with Gasteiger partial charge in [-0.15, -0.1) is 0 Å². The number of nitrogens with zero attached hydrogens (tertiary/aromatic N) is 1. The molecule has 0 unspecified atom stereocenters. The fourth-order valence-electron chi connectivity index (χ4n) is 1.88. The third-order valence-electron chi connectivity index (χ3n) is 3.51. The predicted octanol–water partition coefficient (Wildman–Crippen LogP) is 2.95. The maximum atomic E-state index is 11.8. The molecule has 0 atom stereocenters. The van der Waals surface area contributed by atoms with Gasteiger partial charge in [-0.2, -0.15) is 0 Å². The van der Waals surface area contributed by atoms with Crippen molar-refractivity contribution in [3.05, 3.63) is 34.2 Å². The van der Waals surface area contributed by atoms with Crippen LogP contribution in [0.5, 0.6) is 0 Å². The topological polar surface area (TPSA) is 22.0 Å². The number of aromatic nitrogens is 1. The molecule has 0 aromatic carbocycles. The van der Waals surface area contributed by atoms with Crippen molar-refractivity contribution in [2.45, 2.75) is 52.5 Å². The Morgan fingerprint density at radius 2 is 1.94 bits per heavy atom. The smallest absolute Gasteiger partial charge is 0.250 e. The Morgan fingerprint density at radius 1 is 1.31 bits per heavy atom. The van der Waals surface area contributed by atoms with E-state index >= 15 is 0 Å². The Hall–Kier alpha value is -1.05. The van der Waals surface area contributed by atoms with Gasteiger partial charge in [0.2, 0.25) is 0 Å². The van der Waals surface area contributed by atoms with Crippen LogP contribution in [0.1, 0.15) is 46.1 Å². The first-order valence-corrected chi connectivity index (χ1v) is 6.01. The Kier molecular flexibility index (Phi) is 2.48. The molecular weight excluding hydrogens is 198 g/mol. The zero-order chi connectivity index (χ0) is 12.0. The van der Waals surface area contributed by atoms with Crippen molar-refractivity contribution in [3.63, 3.8) is 0 Å². The van der Waals surface area contributed by atoms with Crippen LogP contribution in [0.2, 0.25) is 0 Å². The number of rotatable bonds is 2. The minimum absolute atomic E-state index is 0.111. The van der Waals surface area contributed by atoms with Gasteiger partial charge in [0.15, 0.2) is 0 Å². The summed E-state index contributed by atoms with van der Waals surface area (Å²) in [5.41, 5.74) is 1.85. The molecular formula is C14H21NO.